The summed E-state index contributed by atoms with van der Waals surface area (Å²) in [7, 11) is 1.58. The fourth-order valence-corrected chi connectivity index (χ4v) is 3.80. The maximum Gasteiger partial charge on any atom is 0.274 e. The van der Waals surface area contributed by atoms with Crippen LogP contribution in [-0.4, -0.2) is 59.8 Å². The van der Waals surface area contributed by atoms with Gasteiger partial charge in [-0.1, -0.05) is 42.5 Å². The largest absolute Gasteiger partial charge is 0.379 e. The van der Waals surface area contributed by atoms with E-state index in [4.69, 9.17) is 4.74 Å². The Morgan fingerprint density at radius 1 is 1.00 bits per heavy atom. The molecule has 0 radical (unpaired) electrons. The summed E-state index contributed by atoms with van der Waals surface area (Å²) in [6.45, 7) is 4.58. The molecule has 1 amide bonds. The molecule has 2 heterocycles. The molecule has 2 aromatic carbocycles. The molecule has 8 heteroatoms. The summed E-state index contributed by atoms with van der Waals surface area (Å²) in [5.74, 6) is -0.148. The SMILES string of the molecule is Cn1c(=O)/c(=C/c2ccc(C(=O)NCCN3CCOCC3)cc2)[nH]c(=O)/c1=C/c1ccccc1. The van der Waals surface area contributed by atoms with Crippen LogP contribution in [0.1, 0.15) is 21.5 Å². The van der Waals surface area contributed by atoms with Gasteiger partial charge >= 0.3 is 0 Å². The van der Waals surface area contributed by atoms with Crippen LogP contribution in [0.25, 0.3) is 12.2 Å². The van der Waals surface area contributed by atoms with E-state index in [-0.39, 0.29) is 27.7 Å². The van der Waals surface area contributed by atoms with Gasteiger partial charge in [0.1, 0.15) is 10.7 Å². The lowest BCUT2D eigenvalue weighted by atomic mass is 10.1. The summed E-state index contributed by atoms with van der Waals surface area (Å²) in [5.41, 5.74) is 1.41. The second-order valence-electron chi connectivity index (χ2n) is 8.15. The van der Waals surface area contributed by atoms with E-state index in [1.807, 2.05) is 30.3 Å². The van der Waals surface area contributed by atoms with E-state index in [0.717, 1.165) is 38.4 Å². The first kappa shape index (κ1) is 23.4. The molecule has 1 fully saturated rings. The Hall–Kier alpha value is -3.75. The van der Waals surface area contributed by atoms with Crippen LogP contribution in [0.4, 0.5) is 0 Å². The topological polar surface area (TPSA) is 96.4 Å². The van der Waals surface area contributed by atoms with Gasteiger partial charge in [-0.2, -0.15) is 0 Å². The number of aromatic nitrogens is 2. The third kappa shape index (κ3) is 5.78. The summed E-state index contributed by atoms with van der Waals surface area (Å²) in [6, 6.07) is 16.3. The number of benzene rings is 2. The molecule has 1 aliphatic rings. The fraction of sp³-hybridized carbons (Fsp3) is 0.269. The molecule has 34 heavy (non-hydrogen) atoms. The molecule has 2 N–H and O–H groups in total. The normalized spacial score (nSPS) is 15.4. The van der Waals surface area contributed by atoms with Crippen molar-refractivity contribution in [1.82, 2.24) is 19.8 Å². The van der Waals surface area contributed by atoms with Crippen LogP contribution in [0.3, 0.4) is 0 Å². The molecular weight excluding hydrogens is 432 g/mol. The number of H-pyrrole nitrogens is 1. The highest BCUT2D eigenvalue weighted by molar-refractivity contribution is 5.94. The number of ether oxygens (including phenoxy) is 1. The lowest BCUT2D eigenvalue weighted by Gasteiger charge is -2.26. The van der Waals surface area contributed by atoms with E-state index in [0.29, 0.717) is 17.7 Å². The lowest BCUT2D eigenvalue weighted by Crippen LogP contribution is -2.52. The van der Waals surface area contributed by atoms with Crippen molar-refractivity contribution in [2.24, 2.45) is 7.05 Å². The Kier molecular flexibility index (Phi) is 7.51. The van der Waals surface area contributed by atoms with Crippen molar-refractivity contribution in [3.8, 4) is 0 Å². The Balaban J connectivity index is 1.49. The van der Waals surface area contributed by atoms with E-state index in [1.54, 1.807) is 43.5 Å². The summed E-state index contributed by atoms with van der Waals surface area (Å²) in [6.07, 6.45) is 3.28. The smallest absolute Gasteiger partial charge is 0.274 e. The minimum absolute atomic E-state index is 0.148. The van der Waals surface area contributed by atoms with Crippen LogP contribution in [0.15, 0.2) is 64.2 Å². The molecule has 0 aliphatic carbocycles. The predicted octanol–water partition coefficient (Wildman–Crippen LogP) is -0.207. The highest BCUT2D eigenvalue weighted by atomic mass is 16.5. The Morgan fingerprint density at radius 3 is 2.38 bits per heavy atom. The van der Waals surface area contributed by atoms with Crippen LogP contribution < -0.4 is 27.1 Å². The van der Waals surface area contributed by atoms with Gasteiger partial charge in [0, 0.05) is 38.8 Å². The molecule has 4 rings (SSSR count). The van der Waals surface area contributed by atoms with E-state index in [1.165, 1.54) is 4.57 Å². The van der Waals surface area contributed by atoms with Crippen molar-refractivity contribution in [2.75, 3.05) is 39.4 Å². The Morgan fingerprint density at radius 2 is 1.68 bits per heavy atom. The number of amides is 1. The zero-order valence-corrected chi connectivity index (χ0v) is 19.1. The van der Waals surface area contributed by atoms with Gasteiger partial charge in [0.25, 0.3) is 17.0 Å². The molecule has 176 valence electrons. The van der Waals surface area contributed by atoms with E-state index in [2.05, 4.69) is 15.2 Å². The van der Waals surface area contributed by atoms with E-state index in [9.17, 15) is 14.4 Å². The average molecular weight is 461 g/mol. The van der Waals surface area contributed by atoms with Crippen LogP contribution in [0.5, 0.6) is 0 Å². The molecule has 0 unspecified atom stereocenters. The van der Waals surface area contributed by atoms with Crippen LogP contribution in [0.2, 0.25) is 0 Å². The minimum Gasteiger partial charge on any atom is -0.379 e. The summed E-state index contributed by atoms with van der Waals surface area (Å²) in [4.78, 5) is 42.8. The first-order chi connectivity index (χ1) is 16.5. The standard InChI is InChI=1S/C26H28N4O4/c1-29-23(18-19-5-3-2-4-6-19)25(32)28-22(26(29)33)17-20-7-9-21(10-8-20)24(31)27-11-12-30-13-15-34-16-14-30/h2-10,17-18H,11-16H2,1H3,(H,27,31)(H,28,32)/b22-17-,23-18-. The van der Waals surface area contributed by atoms with Gasteiger partial charge in [-0.15, -0.1) is 0 Å². The third-order valence-electron chi connectivity index (χ3n) is 5.78. The molecule has 0 spiro atoms. The van der Waals surface area contributed by atoms with E-state index >= 15 is 0 Å². The quantitative estimate of drug-likeness (QED) is 0.531. The zero-order valence-electron chi connectivity index (χ0n) is 19.1. The third-order valence-corrected chi connectivity index (χ3v) is 5.78. The molecule has 0 atom stereocenters. The van der Waals surface area contributed by atoms with Gasteiger partial charge in [0.2, 0.25) is 0 Å². The molecule has 8 nitrogen and oxygen atoms in total. The molecule has 1 aromatic heterocycles. The summed E-state index contributed by atoms with van der Waals surface area (Å²) < 4.78 is 6.67. The van der Waals surface area contributed by atoms with Gasteiger partial charge < -0.3 is 19.6 Å². The molecule has 1 aliphatic heterocycles. The number of rotatable bonds is 6. The second-order valence-corrected chi connectivity index (χ2v) is 8.15. The predicted molar refractivity (Wildman–Crippen MR) is 131 cm³/mol. The van der Waals surface area contributed by atoms with Gasteiger partial charge in [-0.3, -0.25) is 19.3 Å². The van der Waals surface area contributed by atoms with Crippen LogP contribution >= 0.6 is 0 Å². The molecule has 0 saturated carbocycles. The highest BCUT2D eigenvalue weighted by Gasteiger charge is 2.11. The van der Waals surface area contributed by atoms with Crippen molar-refractivity contribution < 1.29 is 9.53 Å². The van der Waals surface area contributed by atoms with Gasteiger partial charge in [0.15, 0.2) is 0 Å². The number of aromatic amines is 1. The van der Waals surface area contributed by atoms with Gasteiger partial charge in [0.05, 0.1) is 13.2 Å². The molecule has 1 saturated heterocycles. The fourth-order valence-electron chi connectivity index (χ4n) is 3.80. The maximum absolute atomic E-state index is 12.8. The van der Waals surface area contributed by atoms with Crippen molar-refractivity contribution in [3.05, 3.63) is 103 Å². The molecule has 0 bridgehead atoms. The number of hydrogen-bond donors (Lipinski definition) is 2. The first-order valence-corrected chi connectivity index (χ1v) is 11.3. The summed E-state index contributed by atoms with van der Waals surface area (Å²) >= 11 is 0. The van der Waals surface area contributed by atoms with Gasteiger partial charge in [-0.25, -0.2) is 0 Å². The highest BCUT2D eigenvalue weighted by Crippen LogP contribution is 2.05. The maximum atomic E-state index is 12.8. The van der Waals surface area contributed by atoms with Crippen LogP contribution in [0, 0.1) is 0 Å². The lowest BCUT2D eigenvalue weighted by molar-refractivity contribution is 0.0383. The van der Waals surface area contributed by atoms with E-state index < -0.39 is 0 Å². The minimum atomic E-state index is -0.353. The van der Waals surface area contributed by atoms with Gasteiger partial charge in [-0.05, 0) is 35.4 Å². The number of hydrogen-bond acceptors (Lipinski definition) is 5. The van der Waals surface area contributed by atoms with Crippen molar-refractivity contribution in [1.29, 1.82) is 0 Å². The molecule has 3 aromatic rings. The van der Waals surface area contributed by atoms with Crippen molar-refractivity contribution in [2.45, 2.75) is 0 Å². The number of carbonyl (C=O) groups is 1. The monoisotopic (exact) mass is 460 g/mol. The van der Waals surface area contributed by atoms with Crippen molar-refractivity contribution in [3.63, 3.8) is 0 Å². The van der Waals surface area contributed by atoms with Crippen molar-refractivity contribution >= 4 is 18.1 Å². The Labute approximate surface area is 196 Å². The number of nitrogens with zero attached hydrogens (tertiary/aromatic N) is 2. The molecular formula is C26H28N4O4. The average Bonchev–Trinajstić information content (AvgIpc) is 2.87. The number of nitrogens with one attached hydrogen (secondary N) is 2. The second kappa shape index (κ2) is 10.9. The number of carbonyl (C=O) groups excluding carboxylic acids is 1. The summed E-state index contributed by atoms with van der Waals surface area (Å²) in [5, 5.41) is 3.39. The zero-order chi connectivity index (χ0) is 23.9. The number of morpholine rings is 1. The Bertz CT molecular complexity index is 1370. The first-order valence-electron chi connectivity index (χ1n) is 11.3. The van der Waals surface area contributed by atoms with Crippen LogP contribution in [-0.2, 0) is 11.8 Å².